The molecule has 0 spiro atoms. The molecule has 1 N–H and O–H groups in total. The Hall–Kier alpha value is -2.14. The van der Waals surface area contributed by atoms with Gasteiger partial charge in [0.2, 0.25) is 5.91 Å². The molecule has 5 heteroatoms. The Kier molecular flexibility index (Phi) is 5.23. The van der Waals surface area contributed by atoms with Crippen molar-refractivity contribution in [3.63, 3.8) is 0 Å². The van der Waals surface area contributed by atoms with Gasteiger partial charge in [-0.3, -0.25) is 4.79 Å². The number of rotatable bonds is 5. The van der Waals surface area contributed by atoms with Gasteiger partial charge in [-0.05, 0) is 49.4 Å². The minimum absolute atomic E-state index is 0.0634. The van der Waals surface area contributed by atoms with Crippen LogP contribution in [0.2, 0.25) is 0 Å². The molecule has 1 aliphatic heterocycles. The summed E-state index contributed by atoms with van der Waals surface area (Å²) in [5, 5.41) is 9.53. The molecule has 0 fully saturated rings. The average molecular weight is 357 g/mol. The first kappa shape index (κ1) is 17.7. The molecule has 0 saturated heterocycles. The Bertz CT molecular complexity index is 796. The fourth-order valence-corrected chi connectivity index (χ4v) is 4.49. The molecule has 0 aliphatic carbocycles. The fraction of sp³-hybridized carbons (Fsp3) is 0.400. The number of fused-ring (bicyclic) bond motifs is 1. The van der Waals surface area contributed by atoms with Crippen LogP contribution < -0.4 is 0 Å². The summed E-state index contributed by atoms with van der Waals surface area (Å²) < 4.78 is 0. The van der Waals surface area contributed by atoms with Gasteiger partial charge in [-0.15, -0.1) is 11.3 Å². The van der Waals surface area contributed by atoms with Gasteiger partial charge in [-0.1, -0.05) is 24.3 Å². The summed E-state index contributed by atoms with van der Waals surface area (Å²) in [7, 11) is 0. The monoisotopic (exact) mass is 357 g/mol. The van der Waals surface area contributed by atoms with Crippen LogP contribution in [0.25, 0.3) is 0 Å². The summed E-state index contributed by atoms with van der Waals surface area (Å²) in [5.74, 6) is -0.987. The van der Waals surface area contributed by atoms with Crippen LogP contribution >= 0.6 is 11.3 Å². The number of thiophene rings is 1. The minimum atomic E-state index is -0.924. The second-order valence-corrected chi connectivity index (χ2v) is 8.10. The third-order valence-corrected chi connectivity index (χ3v) is 5.84. The number of nitrogens with zero attached hydrogens (tertiary/aromatic N) is 1. The van der Waals surface area contributed by atoms with Crippen molar-refractivity contribution in [2.45, 2.75) is 52.1 Å². The number of amides is 1. The first-order valence-electron chi connectivity index (χ1n) is 8.60. The predicted molar refractivity (Wildman–Crippen MR) is 98.9 cm³/mol. The smallest absolute Gasteiger partial charge is 0.326 e. The summed E-state index contributed by atoms with van der Waals surface area (Å²) in [5.41, 5.74) is 3.38. The molecule has 1 atom stereocenters. The van der Waals surface area contributed by atoms with Gasteiger partial charge in [0, 0.05) is 29.1 Å². The molecule has 0 radical (unpaired) electrons. The first-order chi connectivity index (χ1) is 12.0. The van der Waals surface area contributed by atoms with E-state index in [4.69, 9.17) is 0 Å². The molecule has 25 heavy (non-hydrogen) atoms. The summed E-state index contributed by atoms with van der Waals surface area (Å²) in [6.45, 7) is 4.59. The largest absolute Gasteiger partial charge is 0.480 e. The lowest BCUT2D eigenvalue weighted by Crippen LogP contribution is -2.48. The molecular weight excluding hydrogens is 334 g/mol. The average Bonchev–Trinajstić information content (AvgIpc) is 2.91. The van der Waals surface area contributed by atoms with E-state index in [1.54, 1.807) is 11.3 Å². The van der Waals surface area contributed by atoms with E-state index in [0.717, 1.165) is 24.0 Å². The maximum absolute atomic E-state index is 12.7. The molecular formula is C20H23NO3S. The molecule has 1 aromatic heterocycles. The van der Waals surface area contributed by atoms with E-state index in [2.05, 4.69) is 19.9 Å². The third kappa shape index (κ3) is 3.93. The van der Waals surface area contributed by atoms with Crippen molar-refractivity contribution in [1.82, 2.24) is 4.90 Å². The van der Waals surface area contributed by atoms with Gasteiger partial charge in [0.05, 0.1) is 0 Å². The number of carboxylic acids is 1. The summed E-state index contributed by atoms with van der Waals surface area (Å²) >= 11 is 1.78. The van der Waals surface area contributed by atoms with Crippen molar-refractivity contribution >= 4 is 23.2 Å². The topological polar surface area (TPSA) is 57.6 Å². The highest BCUT2D eigenvalue weighted by Crippen LogP contribution is 2.26. The van der Waals surface area contributed by atoms with Crippen LogP contribution in [0.4, 0.5) is 0 Å². The molecule has 4 nitrogen and oxygen atoms in total. The van der Waals surface area contributed by atoms with E-state index in [1.165, 1.54) is 20.2 Å². The van der Waals surface area contributed by atoms with Crippen molar-refractivity contribution in [2.24, 2.45) is 0 Å². The Morgan fingerprint density at radius 1 is 1.24 bits per heavy atom. The second kappa shape index (κ2) is 7.40. The predicted octanol–water partition coefficient (Wildman–Crippen LogP) is 3.73. The molecule has 1 aromatic carbocycles. The zero-order chi connectivity index (χ0) is 18.0. The number of carboxylic acid groups (broad SMARTS) is 1. The van der Waals surface area contributed by atoms with E-state index in [-0.39, 0.29) is 5.91 Å². The number of carbonyl (C=O) groups is 2. The van der Waals surface area contributed by atoms with E-state index in [1.807, 2.05) is 24.3 Å². The van der Waals surface area contributed by atoms with Crippen LogP contribution in [0.5, 0.6) is 0 Å². The summed E-state index contributed by atoms with van der Waals surface area (Å²) in [6.07, 6.45) is 2.39. The number of hydrogen-bond acceptors (Lipinski definition) is 3. The number of aliphatic carboxylic acids is 1. The highest BCUT2D eigenvalue weighted by molar-refractivity contribution is 7.12. The van der Waals surface area contributed by atoms with Crippen molar-refractivity contribution in [1.29, 1.82) is 0 Å². The summed E-state index contributed by atoms with van der Waals surface area (Å²) in [4.78, 5) is 28.4. The van der Waals surface area contributed by atoms with E-state index in [0.29, 0.717) is 19.4 Å². The van der Waals surface area contributed by atoms with Crippen LogP contribution in [0.3, 0.4) is 0 Å². The maximum Gasteiger partial charge on any atom is 0.326 e. The van der Waals surface area contributed by atoms with Gasteiger partial charge in [0.15, 0.2) is 0 Å². The molecule has 2 heterocycles. The Balaban J connectivity index is 1.65. The number of aryl methyl sites for hydroxylation is 3. The number of carbonyl (C=O) groups excluding carboxylic acids is 1. The molecule has 2 aromatic rings. The van der Waals surface area contributed by atoms with Crippen LogP contribution in [0, 0.1) is 13.8 Å². The molecule has 1 unspecified atom stereocenters. The van der Waals surface area contributed by atoms with Gasteiger partial charge in [0.1, 0.15) is 6.04 Å². The molecule has 1 amide bonds. The van der Waals surface area contributed by atoms with Crippen LogP contribution in [0.15, 0.2) is 30.3 Å². The van der Waals surface area contributed by atoms with Gasteiger partial charge in [0.25, 0.3) is 0 Å². The van der Waals surface area contributed by atoms with Gasteiger partial charge in [-0.2, -0.15) is 0 Å². The lowest BCUT2D eigenvalue weighted by molar-refractivity contribution is -0.151. The van der Waals surface area contributed by atoms with Crippen molar-refractivity contribution in [3.8, 4) is 0 Å². The normalized spacial score (nSPS) is 16.6. The fourth-order valence-electron chi connectivity index (χ4n) is 3.51. The SMILES string of the molecule is Cc1cc(CCCC(=O)N2Cc3ccccc3CC2C(=O)O)c(C)s1. The van der Waals surface area contributed by atoms with Gasteiger partial charge < -0.3 is 10.0 Å². The minimum Gasteiger partial charge on any atom is -0.480 e. The van der Waals surface area contributed by atoms with Crippen LogP contribution in [-0.4, -0.2) is 27.9 Å². The van der Waals surface area contributed by atoms with E-state index in [9.17, 15) is 14.7 Å². The number of hydrogen-bond donors (Lipinski definition) is 1. The first-order valence-corrected chi connectivity index (χ1v) is 9.42. The van der Waals surface area contributed by atoms with Crippen molar-refractivity contribution < 1.29 is 14.7 Å². The van der Waals surface area contributed by atoms with Crippen molar-refractivity contribution in [2.75, 3.05) is 0 Å². The lowest BCUT2D eigenvalue weighted by atomic mass is 9.93. The van der Waals surface area contributed by atoms with Crippen LogP contribution in [0.1, 0.15) is 39.3 Å². The molecule has 3 rings (SSSR count). The van der Waals surface area contributed by atoms with E-state index >= 15 is 0 Å². The van der Waals surface area contributed by atoms with Gasteiger partial charge in [-0.25, -0.2) is 4.79 Å². The molecule has 1 aliphatic rings. The molecule has 0 bridgehead atoms. The Labute approximate surface area is 152 Å². The third-order valence-electron chi connectivity index (χ3n) is 4.83. The zero-order valence-corrected chi connectivity index (χ0v) is 15.4. The maximum atomic E-state index is 12.7. The lowest BCUT2D eigenvalue weighted by Gasteiger charge is -2.34. The van der Waals surface area contributed by atoms with Crippen LogP contribution in [-0.2, 0) is 29.0 Å². The zero-order valence-electron chi connectivity index (χ0n) is 14.6. The van der Waals surface area contributed by atoms with Crippen molar-refractivity contribution in [3.05, 3.63) is 56.8 Å². The van der Waals surface area contributed by atoms with Gasteiger partial charge >= 0.3 is 5.97 Å². The Morgan fingerprint density at radius 3 is 2.60 bits per heavy atom. The second-order valence-electron chi connectivity index (χ2n) is 6.64. The van der Waals surface area contributed by atoms with E-state index < -0.39 is 12.0 Å². The standard InChI is InChI=1S/C20H23NO3S/c1-13-10-15(14(2)25-13)8-5-9-19(22)21-12-17-7-4-3-6-16(17)11-18(21)20(23)24/h3-4,6-7,10,18H,5,8-9,11-12H2,1-2H3,(H,23,24). The Morgan fingerprint density at radius 2 is 1.96 bits per heavy atom. The molecule has 132 valence electrons. The highest BCUT2D eigenvalue weighted by Gasteiger charge is 2.33. The molecule has 0 saturated carbocycles. The number of benzene rings is 1. The summed E-state index contributed by atoms with van der Waals surface area (Å²) in [6, 6.07) is 9.21. The highest BCUT2D eigenvalue weighted by atomic mass is 32.1. The quantitative estimate of drug-likeness (QED) is 0.887.